The van der Waals surface area contributed by atoms with Crippen molar-refractivity contribution in [3.8, 4) is 34.4 Å². The number of halogens is 5. The molecule has 0 radical (unpaired) electrons. The fraction of sp³-hybridized carbons (Fsp3) is 0.135. The van der Waals surface area contributed by atoms with Crippen LogP contribution in [0.3, 0.4) is 0 Å². The molecule has 6 rings (SSSR count). The lowest BCUT2D eigenvalue weighted by molar-refractivity contribution is -0.137. The van der Waals surface area contributed by atoms with Gasteiger partial charge in [-0.2, -0.15) is 23.7 Å². The molecule has 0 spiro atoms. The van der Waals surface area contributed by atoms with Gasteiger partial charge in [0.05, 0.1) is 39.9 Å². The number of hydrogen-bond donors (Lipinski definition) is 2. The molecule has 2 amide bonds. The number of nitrogens with two attached hydrogens (primary N) is 2. The summed E-state index contributed by atoms with van der Waals surface area (Å²) in [6, 6.07) is 18.8. The van der Waals surface area contributed by atoms with Crippen molar-refractivity contribution in [3.05, 3.63) is 118 Å². The highest BCUT2D eigenvalue weighted by Crippen LogP contribution is 2.37. The van der Waals surface area contributed by atoms with Crippen LogP contribution in [0, 0.1) is 48.1 Å². The molecule has 0 atom stereocenters. The Hall–Kier alpha value is -6.47. The summed E-state index contributed by atoms with van der Waals surface area (Å²) in [6.07, 6.45) is -4.43. The SMILES string of the molecule is Cc1c(C(N)=O)n(C)c2c(-c3ccc(C(F)(F)F)cc3)cc(C#N)cc12.Cc1c(C(N)=O)n(C)c2c(-c3ccc(F)c(F)c3)cc(C#N)cc12. The average Bonchev–Trinajstić information content (AvgIpc) is 3.48. The van der Waals surface area contributed by atoms with Crippen molar-refractivity contribution < 1.29 is 31.5 Å². The third-order valence-corrected chi connectivity index (χ3v) is 8.56. The summed E-state index contributed by atoms with van der Waals surface area (Å²) >= 11 is 0. The average molecular weight is 683 g/mol. The number of aryl methyl sites for hydroxylation is 4. The number of fused-ring (bicyclic) bond motifs is 2. The van der Waals surface area contributed by atoms with Crippen molar-refractivity contribution in [1.82, 2.24) is 9.13 Å². The number of carbonyl (C=O) groups is 2. The Morgan fingerprint density at radius 2 is 1.08 bits per heavy atom. The first-order chi connectivity index (χ1) is 23.5. The van der Waals surface area contributed by atoms with E-state index in [1.54, 1.807) is 61.3 Å². The summed E-state index contributed by atoms with van der Waals surface area (Å²) in [5.41, 5.74) is 16.0. The van der Waals surface area contributed by atoms with Crippen LogP contribution >= 0.6 is 0 Å². The molecule has 2 aromatic heterocycles. The minimum atomic E-state index is -4.43. The number of hydrogen-bond acceptors (Lipinski definition) is 4. The number of nitrogens with zero attached hydrogens (tertiary/aromatic N) is 4. The molecule has 0 unspecified atom stereocenters. The number of nitriles is 2. The number of amides is 2. The van der Waals surface area contributed by atoms with E-state index in [1.165, 1.54) is 18.2 Å². The largest absolute Gasteiger partial charge is 0.416 e. The Labute approximate surface area is 282 Å². The highest BCUT2D eigenvalue weighted by Gasteiger charge is 2.30. The number of carbonyl (C=O) groups excluding carboxylic acids is 2. The third kappa shape index (κ3) is 6.01. The van der Waals surface area contributed by atoms with Gasteiger partial charge in [-0.05, 0) is 84.6 Å². The van der Waals surface area contributed by atoms with E-state index in [1.807, 2.05) is 12.1 Å². The van der Waals surface area contributed by atoms with Crippen molar-refractivity contribution in [1.29, 1.82) is 10.5 Å². The highest BCUT2D eigenvalue weighted by molar-refractivity contribution is 6.07. The Kier molecular flexibility index (Phi) is 8.96. The van der Waals surface area contributed by atoms with E-state index in [4.69, 9.17) is 11.5 Å². The van der Waals surface area contributed by atoms with E-state index in [0.29, 0.717) is 77.7 Å². The molecule has 50 heavy (non-hydrogen) atoms. The second kappa shape index (κ2) is 12.9. The maximum absolute atomic E-state index is 13.6. The molecule has 252 valence electrons. The van der Waals surface area contributed by atoms with Crippen LogP contribution in [0.25, 0.3) is 44.1 Å². The van der Waals surface area contributed by atoms with Gasteiger partial charge in [-0.25, -0.2) is 8.78 Å². The van der Waals surface area contributed by atoms with Gasteiger partial charge in [-0.3, -0.25) is 9.59 Å². The molecule has 8 nitrogen and oxygen atoms in total. The van der Waals surface area contributed by atoms with Gasteiger partial charge < -0.3 is 20.6 Å². The fourth-order valence-corrected chi connectivity index (χ4v) is 6.32. The molecule has 0 aliphatic rings. The molecule has 0 aliphatic heterocycles. The number of alkyl halides is 3. The zero-order chi connectivity index (χ0) is 36.8. The summed E-state index contributed by atoms with van der Waals surface area (Å²) in [5, 5.41) is 19.9. The van der Waals surface area contributed by atoms with Crippen LogP contribution in [0.4, 0.5) is 22.0 Å². The lowest BCUT2D eigenvalue weighted by Crippen LogP contribution is -2.16. The summed E-state index contributed by atoms with van der Waals surface area (Å²) in [6.45, 7) is 3.46. The van der Waals surface area contributed by atoms with Crippen molar-refractivity contribution in [2.75, 3.05) is 0 Å². The zero-order valence-corrected chi connectivity index (χ0v) is 27.0. The molecule has 6 aromatic rings. The number of primary amides is 2. The van der Waals surface area contributed by atoms with Crippen LogP contribution in [0.1, 0.15) is 48.8 Å². The molecule has 2 heterocycles. The Morgan fingerprint density at radius 1 is 0.660 bits per heavy atom. The van der Waals surface area contributed by atoms with Crippen molar-refractivity contribution in [2.45, 2.75) is 20.0 Å². The molecule has 4 N–H and O–H groups in total. The van der Waals surface area contributed by atoms with Crippen LogP contribution in [-0.4, -0.2) is 20.9 Å². The summed E-state index contributed by atoms with van der Waals surface area (Å²) in [5.74, 6) is -3.14. The quantitative estimate of drug-likeness (QED) is 0.185. The molecule has 0 bridgehead atoms. The lowest BCUT2D eigenvalue weighted by Gasteiger charge is -2.11. The fourth-order valence-electron chi connectivity index (χ4n) is 6.32. The maximum atomic E-state index is 13.6. The minimum Gasteiger partial charge on any atom is -0.364 e. The van der Waals surface area contributed by atoms with Crippen molar-refractivity contribution in [3.63, 3.8) is 0 Å². The van der Waals surface area contributed by atoms with Gasteiger partial charge in [0.1, 0.15) is 11.4 Å². The molecule has 0 saturated carbocycles. The maximum Gasteiger partial charge on any atom is 0.416 e. The third-order valence-electron chi connectivity index (χ3n) is 8.56. The Bertz CT molecular complexity index is 2460. The first kappa shape index (κ1) is 34.9. The van der Waals surface area contributed by atoms with Crippen LogP contribution in [-0.2, 0) is 20.3 Å². The van der Waals surface area contributed by atoms with Crippen molar-refractivity contribution >= 4 is 33.6 Å². The van der Waals surface area contributed by atoms with Gasteiger partial charge in [0.15, 0.2) is 11.6 Å². The topological polar surface area (TPSA) is 144 Å². The van der Waals surface area contributed by atoms with E-state index in [2.05, 4.69) is 0 Å². The standard InChI is InChI=1S/C19H14F3N3O.C18H13F2N3O/c1-10-14-7-11(9-23)8-15(17(14)25(2)16(10)18(24)26)12-3-5-13(6-4-12)19(20,21)22;1-9-12-5-10(8-21)6-13(11-3-4-14(19)15(20)7-11)17(12)23(2)16(9)18(22)24/h3-8H,1-2H3,(H2,24,26);3-7H,1-2H3,(H2,22,24). The van der Waals surface area contributed by atoms with E-state index in [9.17, 15) is 42.1 Å². The smallest absolute Gasteiger partial charge is 0.364 e. The van der Waals surface area contributed by atoms with Gasteiger partial charge in [-0.1, -0.05) is 18.2 Å². The molecule has 4 aromatic carbocycles. The van der Waals surface area contributed by atoms with Gasteiger partial charge in [-0.15, -0.1) is 0 Å². The zero-order valence-electron chi connectivity index (χ0n) is 27.0. The van der Waals surface area contributed by atoms with Crippen molar-refractivity contribution in [2.24, 2.45) is 25.6 Å². The molecule has 0 saturated heterocycles. The van der Waals surface area contributed by atoms with E-state index in [-0.39, 0.29) is 0 Å². The van der Waals surface area contributed by atoms with Gasteiger partial charge in [0.2, 0.25) is 0 Å². The summed E-state index contributed by atoms with van der Waals surface area (Å²) in [7, 11) is 3.33. The molecule has 13 heteroatoms. The monoisotopic (exact) mass is 682 g/mol. The van der Waals surface area contributed by atoms with Crippen LogP contribution in [0.15, 0.2) is 66.7 Å². The van der Waals surface area contributed by atoms with Crippen LogP contribution in [0.2, 0.25) is 0 Å². The Morgan fingerprint density at radius 3 is 1.46 bits per heavy atom. The second-order valence-corrected chi connectivity index (χ2v) is 11.6. The summed E-state index contributed by atoms with van der Waals surface area (Å²) < 4.78 is 68.5. The predicted molar refractivity (Wildman–Crippen MR) is 178 cm³/mol. The molecular formula is C37H27F5N6O2. The minimum absolute atomic E-state index is 0.295. The molecule has 0 fully saturated rings. The number of rotatable bonds is 4. The highest BCUT2D eigenvalue weighted by atomic mass is 19.4. The first-order valence-corrected chi connectivity index (χ1v) is 14.8. The molecular weight excluding hydrogens is 655 g/mol. The van der Waals surface area contributed by atoms with E-state index >= 15 is 0 Å². The van der Waals surface area contributed by atoms with Gasteiger partial charge in [0.25, 0.3) is 11.8 Å². The molecule has 0 aliphatic carbocycles. The van der Waals surface area contributed by atoms with Gasteiger partial charge in [0, 0.05) is 36.0 Å². The first-order valence-electron chi connectivity index (χ1n) is 14.8. The van der Waals surface area contributed by atoms with Gasteiger partial charge >= 0.3 is 6.18 Å². The van der Waals surface area contributed by atoms with Crippen LogP contribution in [0.5, 0.6) is 0 Å². The normalized spacial score (nSPS) is 11.2. The van der Waals surface area contributed by atoms with Crippen LogP contribution < -0.4 is 11.5 Å². The summed E-state index contributed by atoms with van der Waals surface area (Å²) in [4.78, 5) is 23.5. The number of benzene rings is 4. The predicted octanol–water partition coefficient (Wildman–Crippen LogP) is 7.55. The number of aromatic nitrogens is 2. The van der Waals surface area contributed by atoms with E-state index in [0.717, 1.165) is 24.3 Å². The lowest BCUT2D eigenvalue weighted by atomic mass is 9.98. The second-order valence-electron chi connectivity index (χ2n) is 11.6. The van der Waals surface area contributed by atoms with E-state index < -0.39 is 35.2 Å². The Balaban J connectivity index is 0.000000195.